The van der Waals surface area contributed by atoms with Gasteiger partial charge in [-0.25, -0.2) is 0 Å². The van der Waals surface area contributed by atoms with Crippen LogP contribution in [0.3, 0.4) is 0 Å². The van der Waals surface area contributed by atoms with Crippen LogP contribution in [0, 0.1) is 0 Å². The first-order chi connectivity index (χ1) is 15.1. The number of amides is 2. The summed E-state index contributed by atoms with van der Waals surface area (Å²) in [6.45, 7) is 7.78. The third kappa shape index (κ3) is 4.78. The molecule has 1 heterocycles. The molecule has 1 unspecified atom stereocenters. The van der Waals surface area contributed by atoms with Gasteiger partial charge in [0.15, 0.2) is 11.3 Å². The van der Waals surface area contributed by atoms with Crippen LogP contribution in [0.2, 0.25) is 5.02 Å². The zero-order chi connectivity index (χ0) is 23.5. The highest BCUT2D eigenvalue weighted by Gasteiger charge is 2.58. The number of nitrogens with one attached hydrogen (secondary N) is 1. The Morgan fingerprint density at radius 3 is 2.28 bits per heavy atom. The third-order valence-electron chi connectivity index (χ3n) is 5.36. The molecule has 0 radical (unpaired) electrons. The van der Waals surface area contributed by atoms with Gasteiger partial charge in [-0.3, -0.25) is 14.4 Å². The molecular formula is C26H29ClN2O3. The van der Waals surface area contributed by atoms with Crippen LogP contribution in [-0.2, 0) is 9.59 Å². The van der Waals surface area contributed by atoms with Gasteiger partial charge < -0.3 is 10.2 Å². The molecule has 3 rings (SSSR count). The molecule has 0 bridgehead atoms. The number of Topliss-reactive ketones (excluding diaryl/α,β-unsaturated/α-hetero) is 1. The maximum Gasteiger partial charge on any atom is 0.254 e. The van der Waals surface area contributed by atoms with Gasteiger partial charge in [-0.1, -0.05) is 48.9 Å². The smallest absolute Gasteiger partial charge is 0.254 e. The Morgan fingerprint density at radius 2 is 1.72 bits per heavy atom. The molecule has 6 heteroatoms. The highest BCUT2D eigenvalue weighted by Crippen LogP contribution is 2.39. The quantitative estimate of drug-likeness (QED) is 0.385. The summed E-state index contributed by atoms with van der Waals surface area (Å²) in [6.07, 6.45) is 2.39. The molecule has 2 aromatic rings. The Kier molecular flexibility index (Phi) is 6.89. The summed E-state index contributed by atoms with van der Waals surface area (Å²) >= 11 is 6.01. The van der Waals surface area contributed by atoms with Crippen LogP contribution in [-0.4, -0.2) is 40.1 Å². The fourth-order valence-electron chi connectivity index (χ4n) is 3.97. The Hall–Kier alpha value is -2.92. The van der Waals surface area contributed by atoms with E-state index in [1.807, 2.05) is 58.0 Å². The van der Waals surface area contributed by atoms with Crippen molar-refractivity contribution >= 4 is 35.3 Å². The molecular weight excluding hydrogens is 424 g/mol. The van der Waals surface area contributed by atoms with Gasteiger partial charge in [-0.2, -0.15) is 0 Å². The number of hydrogen-bond acceptors (Lipinski definition) is 3. The van der Waals surface area contributed by atoms with Gasteiger partial charge in [-0.15, -0.1) is 0 Å². The zero-order valence-corrected chi connectivity index (χ0v) is 19.7. The summed E-state index contributed by atoms with van der Waals surface area (Å²) in [4.78, 5) is 42.5. The minimum absolute atomic E-state index is 0.00407. The van der Waals surface area contributed by atoms with Gasteiger partial charge in [0.2, 0.25) is 0 Å². The molecule has 168 valence electrons. The maximum atomic E-state index is 13.9. The molecule has 1 fully saturated rings. The van der Waals surface area contributed by atoms with Crippen LogP contribution in [0.1, 0.15) is 56.5 Å². The third-order valence-corrected chi connectivity index (χ3v) is 5.61. The van der Waals surface area contributed by atoms with E-state index in [2.05, 4.69) is 5.32 Å². The Balaban J connectivity index is 2.17. The van der Waals surface area contributed by atoms with E-state index in [1.165, 1.54) is 4.90 Å². The lowest BCUT2D eigenvalue weighted by atomic mass is 9.83. The maximum absolute atomic E-state index is 13.9. The molecule has 1 aliphatic heterocycles. The standard InChI is InChI=1S/C26H29ClN2O3/c1-5-15-29-23(31)20(16-18-9-7-6-8-10-18)17-26(29,24(32)28-25(2,3)4)22(30)19-11-13-21(27)14-12-19/h6-14,16H,5,15,17H2,1-4H3,(H,28,32)/b20-16+. The van der Waals surface area contributed by atoms with E-state index in [9.17, 15) is 14.4 Å². The molecule has 2 amide bonds. The van der Waals surface area contributed by atoms with Crippen LogP contribution in [0.4, 0.5) is 0 Å². The average molecular weight is 453 g/mol. The van der Waals surface area contributed by atoms with E-state index in [-0.39, 0.29) is 12.3 Å². The second kappa shape index (κ2) is 9.29. The van der Waals surface area contributed by atoms with E-state index >= 15 is 0 Å². The molecule has 1 atom stereocenters. The van der Waals surface area contributed by atoms with Crippen molar-refractivity contribution in [2.75, 3.05) is 6.54 Å². The molecule has 1 saturated heterocycles. The minimum Gasteiger partial charge on any atom is -0.349 e. The Bertz CT molecular complexity index is 1040. The normalized spacial score (nSPS) is 20.0. The van der Waals surface area contributed by atoms with Crippen LogP contribution in [0.15, 0.2) is 60.2 Å². The lowest BCUT2D eigenvalue weighted by molar-refractivity contribution is -0.139. The predicted molar refractivity (Wildman–Crippen MR) is 127 cm³/mol. The van der Waals surface area contributed by atoms with E-state index in [0.717, 1.165) is 5.56 Å². The molecule has 0 aliphatic carbocycles. The number of ketones is 1. The first kappa shape index (κ1) is 23.7. The van der Waals surface area contributed by atoms with Gasteiger partial charge >= 0.3 is 0 Å². The van der Waals surface area contributed by atoms with Crippen molar-refractivity contribution in [1.82, 2.24) is 10.2 Å². The number of carbonyl (C=O) groups excluding carboxylic acids is 3. The fraction of sp³-hybridized carbons (Fsp3) is 0.346. The van der Waals surface area contributed by atoms with Gasteiger partial charge in [0, 0.05) is 34.7 Å². The zero-order valence-electron chi connectivity index (χ0n) is 18.9. The first-order valence-corrected chi connectivity index (χ1v) is 11.2. The largest absolute Gasteiger partial charge is 0.349 e. The van der Waals surface area contributed by atoms with Gasteiger partial charge in [-0.05, 0) is 63.1 Å². The topological polar surface area (TPSA) is 66.5 Å². The summed E-state index contributed by atoms with van der Waals surface area (Å²) in [6, 6.07) is 15.9. The molecule has 1 N–H and O–H groups in total. The first-order valence-electron chi connectivity index (χ1n) is 10.8. The van der Waals surface area contributed by atoms with E-state index in [4.69, 9.17) is 11.6 Å². The van der Waals surface area contributed by atoms with Crippen molar-refractivity contribution in [1.29, 1.82) is 0 Å². The second-order valence-electron chi connectivity index (χ2n) is 9.11. The van der Waals surface area contributed by atoms with E-state index < -0.39 is 22.8 Å². The average Bonchev–Trinajstić information content (AvgIpc) is 3.01. The SMILES string of the molecule is CCCN1C(=O)/C(=C/c2ccccc2)CC1(C(=O)NC(C)(C)C)C(=O)c1ccc(Cl)cc1. The van der Waals surface area contributed by atoms with Crippen molar-refractivity contribution in [3.05, 3.63) is 76.3 Å². The monoisotopic (exact) mass is 452 g/mol. The lowest BCUT2D eigenvalue weighted by Gasteiger charge is -2.37. The summed E-state index contributed by atoms with van der Waals surface area (Å²) < 4.78 is 0. The van der Waals surface area contributed by atoms with Crippen LogP contribution in [0.5, 0.6) is 0 Å². The number of likely N-dealkylation sites (tertiary alicyclic amines) is 1. The molecule has 32 heavy (non-hydrogen) atoms. The Morgan fingerprint density at radius 1 is 1.09 bits per heavy atom. The van der Waals surface area contributed by atoms with Crippen molar-refractivity contribution < 1.29 is 14.4 Å². The van der Waals surface area contributed by atoms with Crippen molar-refractivity contribution in [3.8, 4) is 0 Å². The lowest BCUT2D eigenvalue weighted by Crippen LogP contribution is -2.64. The summed E-state index contributed by atoms with van der Waals surface area (Å²) in [5.41, 5.74) is -0.603. The number of nitrogens with zero attached hydrogens (tertiary/aromatic N) is 1. The van der Waals surface area contributed by atoms with Crippen molar-refractivity contribution in [2.24, 2.45) is 0 Å². The van der Waals surface area contributed by atoms with Crippen molar-refractivity contribution in [3.63, 3.8) is 0 Å². The molecule has 1 aliphatic rings. The highest BCUT2D eigenvalue weighted by molar-refractivity contribution is 6.31. The highest BCUT2D eigenvalue weighted by atomic mass is 35.5. The summed E-state index contributed by atoms with van der Waals surface area (Å²) in [5, 5.41) is 3.44. The van der Waals surface area contributed by atoms with E-state index in [1.54, 1.807) is 30.3 Å². The number of carbonyl (C=O) groups is 3. The summed E-state index contributed by atoms with van der Waals surface area (Å²) in [5.74, 6) is -1.17. The van der Waals surface area contributed by atoms with Crippen LogP contribution >= 0.6 is 11.6 Å². The second-order valence-corrected chi connectivity index (χ2v) is 9.55. The Labute approximate surface area is 194 Å². The number of benzene rings is 2. The summed E-state index contributed by atoms with van der Waals surface area (Å²) in [7, 11) is 0. The predicted octanol–water partition coefficient (Wildman–Crippen LogP) is 4.90. The number of halogens is 1. The number of rotatable bonds is 6. The molecule has 0 spiro atoms. The fourth-order valence-corrected chi connectivity index (χ4v) is 4.09. The minimum atomic E-state index is -1.66. The molecule has 5 nitrogen and oxygen atoms in total. The van der Waals surface area contributed by atoms with Crippen LogP contribution in [0.25, 0.3) is 6.08 Å². The van der Waals surface area contributed by atoms with E-state index in [0.29, 0.717) is 29.1 Å². The number of hydrogen-bond donors (Lipinski definition) is 1. The van der Waals surface area contributed by atoms with Gasteiger partial charge in [0.1, 0.15) is 0 Å². The van der Waals surface area contributed by atoms with Crippen molar-refractivity contribution in [2.45, 2.75) is 51.6 Å². The molecule has 2 aromatic carbocycles. The van der Waals surface area contributed by atoms with Gasteiger partial charge in [0.05, 0.1) is 0 Å². The van der Waals surface area contributed by atoms with Gasteiger partial charge in [0.25, 0.3) is 11.8 Å². The molecule has 0 aromatic heterocycles. The van der Waals surface area contributed by atoms with Crippen LogP contribution < -0.4 is 5.32 Å². The molecule has 0 saturated carbocycles.